The Morgan fingerprint density at radius 3 is 2.16 bits per heavy atom. The predicted molar refractivity (Wildman–Crippen MR) is 229 cm³/mol. The highest BCUT2D eigenvalue weighted by Gasteiger charge is 2.62. The van der Waals surface area contributed by atoms with Crippen molar-refractivity contribution in [1.29, 1.82) is 0 Å². The molecule has 14 heteroatoms. The summed E-state index contributed by atoms with van der Waals surface area (Å²) in [4.78, 5) is 76.6. The Morgan fingerprint density at radius 2 is 1.51 bits per heavy atom. The fourth-order valence-corrected chi connectivity index (χ4v) is 9.98. The van der Waals surface area contributed by atoms with Crippen LogP contribution in [-0.2, 0) is 30.4 Å². The molecule has 14 nitrogen and oxygen atoms in total. The number of rotatable bonds is 13. The number of benzene rings is 2. The van der Waals surface area contributed by atoms with Gasteiger partial charge in [-0.1, -0.05) is 63.4 Å². The van der Waals surface area contributed by atoms with Crippen LogP contribution in [0.1, 0.15) is 85.6 Å². The first kappa shape index (κ1) is 42.5. The standard InChI is InChI=1S/C47H61N7O7/c1-32(61-28-34-13-9-6-10-14-34)40(44(58)51-21-19-50(20-22-51)37-17-15-35(16-18-37)45(59)60-4)49-41(55)39-27-52(29-47(39)30-53(31-47)43(57)38-23-46(38,2)3)42(56)36-24-48-54(26-36)25-33-11-7-5-8-12-33/h5,7-8,11-12,15-18,24,26,32,34,38-40H,6,9-10,13-14,19-23,25,27-31H2,1-4H3,(H,49,55)/t32-,38-,39+,40?/m1/s1. The number of nitrogens with zero attached hydrogens (tertiary/aromatic N) is 6. The van der Waals surface area contributed by atoms with Crippen LogP contribution in [0.2, 0.25) is 0 Å². The summed E-state index contributed by atoms with van der Waals surface area (Å²) in [6, 6.07) is 16.2. The summed E-state index contributed by atoms with van der Waals surface area (Å²) in [5.74, 6) is -1.25. The first-order valence-corrected chi connectivity index (χ1v) is 22.1. The molecule has 5 fully saturated rings. The highest BCUT2D eigenvalue weighted by atomic mass is 16.5. The van der Waals surface area contributed by atoms with Crippen molar-refractivity contribution in [2.45, 2.75) is 78.0 Å². The van der Waals surface area contributed by atoms with Crippen LogP contribution in [0.15, 0.2) is 67.0 Å². The minimum atomic E-state index is -0.940. The number of likely N-dealkylation sites (tertiary alicyclic amines) is 2. The molecule has 2 saturated carbocycles. The first-order valence-electron chi connectivity index (χ1n) is 22.1. The van der Waals surface area contributed by atoms with E-state index < -0.39 is 29.4 Å². The Bertz CT molecular complexity index is 2070. The molecule has 61 heavy (non-hydrogen) atoms. The van der Waals surface area contributed by atoms with Crippen LogP contribution < -0.4 is 10.2 Å². The third-order valence-corrected chi connectivity index (χ3v) is 14.1. The van der Waals surface area contributed by atoms with Gasteiger partial charge in [-0.15, -0.1) is 0 Å². The zero-order chi connectivity index (χ0) is 42.9. The topological polar surface area (TPSA) is 147 Å². The molecule has 4 heterocycles. The largest absolute Gasteiger partial charge is 0.465 e. The van der Waals surface area contributed by atoms with Crippen LogP contribution in [0, 0.1) is 28.6 Å². The SMILES string of the molecule is COC(=O)c1ccc(N2CCN(C(=O)C(NC(=O)[C@@H]3CN(C(=O)c4cnn(Cc5ccccc5)c4)CC34CN(C(=O)[C@H]3CC3(C)C)C4)[C@@H](C)OCC3CCCCC3)CC2)cc1. The molecule has 3 aromatic rings. The Kier molecular flexibility index (Phi) is 12.3. The maximum atomic E-state index is 14.8. The monoisotopic (exact) mass is 835 g/mol. The van der Waals surface area contributed by atoms with Crippen LogP contribution in [-0.4, -0.2) is 132 Å². The molecule has 0 radical (unpaired) electrons. The summed E-state index contributed by atoms with van der Waals surface area (Å²) in [6.45, 7) is 10.4. The van der Waals surface area contributed by atoms with Crippen molar-refractivity contribution < 1.29 is 33.4 Å². The number of hydrogen-bond acceptors (Lipinski definition) is 9. The van der Waals surface area contributed by atoms with Crippen molar-refractivity contribution in [2.24, 2.45) is 28.6 Å². The van der Waals surface area contributed by atoms with Crippen molar-refractivity contribution in [3.05, 3.63) is 83.7 Å². The van der Waals surface area contributed by atoms with Gasteiger partial charge in [-0.25, -0.2) is 4.79 Å². The lowest BCUT2D eigenvalue weighted by atomic mass is 9.70. The van der Waals surface area contributed by atoms with E-state index in [0.29, 0.717) is 76.0 Å². The number of methoxy groups -OCH3 is 1. The fourth-order valence-electron chi connectivity index (χ4n) is 9.98. The molecule has 2 aromatic carbocycles. The van der Waals surface area contributed by atoms with Gasteiger partial charge in [0.15, 0.2) is 0 Å². The number of ether oxygens (including phenoxy) is 2. The molecule has 1 spiro atoms. The zero-order valence-corrected chi connectivity index (χ0v) is 36.1. The lowest BCUT2D eigenvalue weighted by molar-refractivity contribution is -0.153. The van der Waals surface area contributed by atoms with Crippen LogP contribution in [0.3, 0.4) is 0 Å². The van der Waals surface area contributed by atoms with E-state index in [1.54, 1.807) is 39.0 Å². The van der Waals surface area contributed by atoms with Gasteiger partial charge >= 0.3 is 5.97 Å². The second-order valence-corrected chi connectivity index (χ2v) is 18.8. The third kappa shape index (κ3) is 9.19. The molecule has 3 aliphatic heterocycles. The van der Waals surface area contributed by atoms with Gasteiger partial charge in [0.25, 0.3) is 5.91 Å². The molecule has 8 rings (SSSR count). The van der Waals surface area contributed by atoms with E-state index in [-0.39, 0.29) is 41.5 Å². The molecule has 1 N–H and O–H groups in total. The Hall–Kier alpha value is -5.24. The lowest BCUT2D eigenvalue weighted by Gasteiger charge is -2.50. The van der Waals surface area contributed by atoms with Gasteiger partial charge in [-0.2, -0.15) is 5.10 Å². The normalized spacial score (nSPS) is 23.0. The number of esters is 1. The Labute approximate surface area is 358 Å². The van der Waals surface area contributed by atoms with E-state index in [9.17, 15) is 24.0 Å². The molecule has 2 aliphatic carbocycles. The van der Waals surface area contributed by atoms with Gasteiger partial charge in [0, 0.05) is 82.2 Å². The average Bonchev–Trinajstić information content (AvgIpc) is 3.55. The number of carbonyl (C=O) groups excluding carboxylic acids is 5. The van der Waals surface area contributed by atoms with E-state index >= 15 is 0 Å². The van der Waals surface area contributed by atoms with Gasteiger partial charge in [0.05, 0.1) is 43.0 Å². The van der Waals surface area contributed by atoms with Crippen molar-refractivity contribution in [1.82, 2.24) is 29.8 Å². The smallest absolute Gasteiger partial charge is 0.337 e. The number of nitrogens with one attached hydrogen (secondary N) is 1. The first-order chi connectivity index (χ1) is 29.3. The summed E-state index contributed by atoms with van der Waals surface area (Å²) in [5, 5.41) is 7.66. The van der Waals surface area contributed by atoms with Gasteiger partial charge in [0.1, 0.15) is 6.04 Å². The Morgan fingerprint density at radius 1 is 0.836 bits per heavy atom. The minimum absolute atomic E-state index is 0.0316. The summed E-state index contributed by atoms with van der Waals surface area (Å²) >= 11 is 0. The van der Waals surface area contributed by atoms with Crippen LogP contribution in [0.25, 0.3) is 0 Å². The molecular formula is C47H61N7O7. The number of aromatic nitrogens is 2. The predicted octanol–water partition coefficient (Wildman–Crippen LogP) is 4.48. The second-order valence-electron chi connectivity index (χ2n) is 18.8. The zero-order valence-electron chi connectivity index (χ0n) is 36.1. The number of carbonyl (C=O) groups is 5. The van der Waals surface area contributed by atoms with Crippen molar-refractivity contribution in [2.75, 3.05) is 71.0 Å². The van der Waals surface area contributed by atoms with Crippen molar-refractivity contribution in [3.8, 4) is 0 Å². The van der Waals surface area contributed by atoms with E-state index in [2.05, 4.69) is 29.2 Å². The molecule has 326 valence electrons. The second kappa shape index (κ2) is 17.6. The van der Waals surface area contributed by atoms with Gasteiger partial charge in [-0.05, 0) is 67.3 Å². The van der Waals surface area contributed by atoms with E-state index in [1.807, 2.05) is 54.3 Å². The number of amides is 4. The van der Waals surface area contributed by atoms with Crippen molar-refractivity contribution in [3.63, 3.8) is 0 Å². The van der Waals surface area contributed by atoms with Gasteiger partial charge in [-0.3, -0.25) is 23.9 Å². The maximum absolute atomic E-state index is 14.8. The molecule has 5 aliphatic rings. The number of piperazine rings is 1. The van der Waals surface area contributed by atoms with Crippen molar-refractivity contribution >= 4 is 35.3 Å². The molecule has 0 bridgehead atoms. The summed E-state index contributed by atoms with van der Waals surface area (Å²) in [7, 11) is 1.36. The summed E-state index contributed by atoms with van der Waals surface area (Å²) in [5.41, 5.74) is 2.24. The number of hydrogen-bond donors (Lipinski definition) is 1. The van der Waals surface area contributed by atoms with Crippen LogP contribution >= 0.6 is 0 Å². The minimum Gasteiger partial charge on any atom is -0.465 e. The molecule has 1 aromatic heterocycles. The van der Waals surface area contributed by atoms with E-state index in [4.69, 9.17) is 9.47 Å². The van der Waals surface area contributed by atoms with Gasteiger partial charge in [0.2, 0.25) is 17.7 Å². The number of anilines is 1. The molecule has 3 saturated heterocycles. The molecule has 4 atom stereocenters. The molecule has 1 unspecified atom stereocenters. The average molecular weight is 836 g/mol. The van der Waals surface area contributed by atoms with Gasteiger partial charge < -0.3 is 34.4 Å². The summed E-state index contributed by atoms with van der Waals surface area (Å²) < 4.78 is 13.1. The lowest BCUT2D eigenvalue weighted by Crippen LogP contribution is -2.66. The van der Waals surface area contributed by atoms with E-state index in [0.717, 1.165) is 30.5 Å². The highest BCUT2D eigenvalue weighted by molar-refractivity contribution is 5.96. The third-order valence-electron chi connectivity index (χ3n) is 14.1. The molecular weight excluding hydrogens is 775 g/mol. The highest BCUT2D eigenvalue weighted by Crippen LogP contribution is 2.54. The fraction of sp³-hybridized carbons (Fsp3) is 0.574. The maximum Gasteiger partial charge on any atom is 0.337 e. The quantitative estimate of drug-likeness (QED) is 0.247. The van der Waals surface area contributed by atoms with Crippen LogP contribution in [0.4, 0.5) is 5.69 Å². The van der Waals surface area contributed by atoms with Crippen LogP contribution in [0.5, 0.6) is 0 Å². The van der Waals surface area contributed by atoms with E-state index in [1.165, 1.54) is 26.4 Å². The summed E-state index contributed by atoms with van der Waals surface area (Å²) in [6.07, 6.45) is 9.32. The Balaban J connectivity index is 0.984. The molecule has 4 amide bonds.